The van der Waals surface area contributed by atoms with Crippen molar-refractivity contribution in [3.05, 3.63) is 48.0 Å². The van der Waals surface area contributed by atoms with Crippen LogP contribution in [-0.4, -0.2) is 31.8 Å². The largest absolute Gasteiger partial charge is 0.480 e. The SMILES string of the molecule is CC.COc1ccc(-n2c(-c3coc(C)n3)nc3cc(C(F)(F)F)ccc32)nn1. The smallest absolute Gasteiger partial charge is 0.416 e. The number of oxazole rings is 1. The van der Waals surface area contributed by atoms with Crippen LogP contribution < -0.4 is 4.74 Å². The van der Waals surface area contributed by atoms with Gasteiger partial charge < -0.3 is 9.15 Å². The van der Waals surface area contributed by atoms with Gasteiger partial charge in [-0.25, -0.2) is 9.97 Å². The number of hydrogen-bond acceptors (Lipinski definition) is 6. The topological polar surface area (TPSA) is 78.9 Å². The Morgan fingerprint density at radius 2 is 1.79 bits per heavy atom. The van der Waals surface area contributed by atoms with Gasteiger partial charge in [0, 0.05) is 13.0 Å². The minimum Gasteiger partial charge on any atom is -0.480 e. The third-order valence-electron chi connectivity index (χ3n) is 3.89. The van der Waals surface area contributed by atoms with Crippen molar-refractivity contribution in [2.24, 2.45) is 0 Å². The Kier molecular flexibility index (Phi) is 5.53. The summed E-state index contributed by atoms with van der Waals surface area (Å²) >= 11 is 0. The van der Waals surface area contributed by atoms with Crippen molar-refractivity contribution < 1.29 is 22.3 Å². The van der Waals surface area contributed by atoms with Crippen LogP contribution in [0.25, 0.3) is 28.4 Å². The minimum absolute atomic E-state index is 0.151. The number of alkyl halides is 3. The van der Waals surface area contributed by atoms with Crippen molar-refractivity contribution >= 4 is 11.0 Å². The lowest BCUT2D eigenvalue weighted by Gasteiger charge is -2.08. The molecule has 3 aromatic heterocycles. The van der Waals surface area contributed by atoms with Crippen LogP contribution in [0.15, 0.2) is 41.0 Å². The van der Waals surface area contributed by atoms with E-state index in [1.165, 1.54) is 19.4 Å². The quantitative estimate of drug-likeness (QED) is 0.486. The highest BCUT2D eigenvalue weighted by molar-refractivity contribution is 5.82. The maximum absolute atomic E-state index is 13.1. The molecular weight excluding hydrogens is 387 g/mol. The van der Waals surface area contributed by atoms with Gasteiger partial charge in [-0.1, -0.05) is 13.8 Å². The molecule has 1 aromatic carbocycles. The summed E-state index contributed by atoms with van der Waals surface area (Å²) in [5.41, 5.74) is 0.162. The first-order valence-corrected chi connectivity index (χ1v) is 8.77. The van der Waals surface area contributed by atoms with Gasteiger partial charge in [0.15, 0.2) is 17.5 Å². The molecule has 0 amide bonds. The molecule has 0 radical (unpaired) electrons. The molecule has 0 bridgehead atoms. The van der Waals surface area contributed by atoms with Crippen molar-refractivity contribution in [2.45, 2.75) is 26.9 Å². The van der Waals surface area contributed by atoms with Gasteiger partial charge in [-0.3, -0.25) is 4.57 Å². The predicted octanol–water partition coefficient (Wildman–Crippen LogP) is 4.83. The van der Waals surface area contributed by atoms with E-state index in [1.807, 2.05) is 13.8 Å². The predicted molar refractivity (Wildman–Crippen MR) is 99.8 cm³/mol. The summed E-state index contributed by atoms with van der Waals surface area (Å²) in [7, 11) is 1.46. The molecule has 0 aliphatic rings. The molecule has 0 saturated carbocycles. The van der Waals surface area contributed by atoms with Crippen molar-refractivity contribution in [1.29, 1.82) is 0 Å². The average Bonchev–Trinajstić information content (AvgIpc) is 3.31. The molecule has 152 valence electrons. The summed E-state index contributed by atoms with van der Waals surface area (Å²) in [6.07, 6.45) is -3.09. The van der Waals surface area contributed by atoms with Crippen molar-refractivity contribution in [1.82, 2.24) is 24.7 Å². The molecule has 4 aromatic rings. The monoisotopic (exact) mass is 405 g/mol. The number of rotatable bonds is 3. The van der Waals surface area contributed by atoms with Crippen LogP contribution in [0, 0.1) is 6.92 Å². The van der Waals surface area contributed by atoms with Crippen molar-refractivity contribution in [3.63, 3.8) is 0 Å². The van der Waals surface area contributed by atoms with Gasteiger partial charge in [-0.2, -0.15) is 13.2 Å². The summed E-state index contributed by atoms with van der Waals surface area (Å²) < 4.78 is 51.0. The molecule has 4 rings (SSSR count). The van der Waals surface area contributed by atoms with Crippen LogP contribution in [0.5, 0.6) is 5.88 Å². The van der Waals surface area contributed by atoms with Crippen LogP contribution in [0.2, 0.25) is 0 Å². The van der Waals surface area contributed by atoms with Crippen molar-refractivity contribution in [3.8, 4) is 23.2 Å². The molecular formula is C19H18F3N5O2. The lowest BCUT2D eigenvalue weighted by molar-refractivity contribution is -0.137. The molecule has 0 aliphatic carbocycles. The molecule has 0 atom stereocenters. The summed E-state index contributed by atoms with van der Waals surface area (Å²) in [5.74, 6) is 1.36. The second-order valence-corrected chi connectivity index (χ2v) is 5.66. The summed E-state index contributed by atoms with van der Waals surface area (Å²) in [4.78, 5) is 8.55. The number of ether oxygens (including phenoxy) is 1. The standard InChI is InChI=1S/C17H12F3N5O2.C2H6/c1-9-21-12(8-27-9)16-22-11-7-10(17(18,19)20)3-4-13(11)25(16)14-5-6-15(26-2)24-23-14;1-2/h3-8H,1-2H3;1-2H3. The number of halogens is 3. The molecule has 10 heteroatoms. The maximum Gasteiger partial charge on any atom is 0.416 e. The average molecular weight is 405 g/mol. The highest BCUT2D eigenvalue weighted by Gasteiger charge is 2.31. The van der Waals surface area contributed by atoms with Gasteiger partial charge in [0.25, 0.3) is 0 Å². The number of fused-ring (bicyclic) bond motifs is 1. The number of benzene rings is 1. The number of imidazole rings is 1. The number of hydrogen-bond donors (Lipinski definition) is 0. The van der Waals surface area contributed by atoms with Gasteiger partial charge >= 0.3 is 6.18 Å². The van der Waals surface area contributed by atoms with E-state index in [0.717, 1.165) is 12.1 Å². The van der Waals surface area contributed by atoms with Crippen molar-refractivity contribution in [2.75, 3.05) is 7.11 Å². The van der Waals surface area contributed by atoms with Gasteiger partial charge in [0.1, 0.15) is 12.0 Å². The number of methoxy groups -OCH3 is 1. The first-order valence-electron chi connectivity index (χ1n) is 8.77. The molecule has 3 heterocycles. The molecule has 0 aliphatic heterocycles. The summed E-state index contributed by atoms with van der Waals surface area (Å²) in [6.45, 7) is 5.66. The third-order valence-corrected chi connectivity index (χ3v) is 3.89. The number of aromatic nitrogens is 5. The second kappa shape index (κ2) is 7.90. The first kappa shape index (κ1) is 20.3. The number of aryl methyl sites for hydroxylation is 1. The fourth-order valence-electron chi connectivity index (χ4n) is 2.67. The first-order chi connectivity index (χ1) is 13.9. The zero-order valence-corrected chi connectivity index (χ0v) is 16.2. The Balaban J connectivity index is 0.00000117. The van der Waals surface area contributed by atoms with Gasteiger partial charge in [-0.05, 0) is 24.3 Å². The van der Waals surface area contributed by atoms with E-state index >= 15 is 0 Å². The molecule has 0 N–H and O–H groups in total. The van der Waals surface area contributed by atoms with E-state index in [9.17, 15) is 13.2 Å². The third kappa shape index (κ3) is 3.91. The van der Waals surface area contributed by atoms with Gasteiger partial charge in [0.05, 0.1) is 23.7 Å². The fraction of sp³-hybridized carbons (Fsp3) is 0.263. The summed E-state index contributed by atoms with van der Waals surface area (Å²) in [5, 5.41) is 7.99. The Morgan fingerprint density at radius 1 is 1.03 bits per heavy atom. The lowest BCUT2D eigenvalue weighted by Crippen LogP contribution is -2.05. The Bertz CT molecular complexity index is 1120. The van der Waals surface area contributed by atoms with E-state index < -0.39 is 11.7 Å². The Morgan fingerprint density at radius 3 is 2.34 bits per heavy atom. The second-order valence-electron chi connectivity index (χ2n) is 5.66. The number of nitrogens with zero attached hydrogens (tertiary/aromatic N) is 5. The molecule has 0 unspecified atom stereocenters. The molecule has 0 fully saturated rings. The Labute approximate surface area is 164 Å². The Hall–Kier alpha value is -3.43. The summed E-state index contributed by atoms with van der Waals surface area (Å²) in [6, 6.07) is 6.54. The maximum atomic E-state index is 13.1. The normalized spacial score (nSPS) is 11.3. The lowest BCUT2D eigenvalue weighted by atomic mass is 10.2. The highest BCUT2D eigenvalue weighted by Crippen LogP contribution is 2.34. The fourth-order valence-corrected chi connectivity index (χ4v) is 2.67. The zero-order valence-electron chi connectivity index (χ0n) is 16.2. The highest BCUT2D eigenvalue weighted by atomic mass is 19.4. The van der Waals surface area contributed by atoms with E-state index in [-0.39, 0.29) is 5.52 Å². The van der Waals surface area contributed by atoms with Gasteiger partial charge in [-0.15, -0.1) is 10.2 Å². The van der Waals surface area contributed by atoms with E-state index in [1.54, 1.807) is 23.6 Å². The molecule has 7 nitrogen and oxygen atoms in total. The van der Waals surface area contributed by atoms with Crippen LogP contribution in [-0.2, 0) is 6.18 Å². The van der Waals surface area contributed by atoms with E-state index in [2.05, 4.69) is 20.2 Å². The minimum atomic E-state index is -4.47. The van der Waals surface area contributed by atoms with Crippen LogP contribution in [0.4, 0.5) is 13.2 Å². The van der Waals surface area contributed by atoms with Crippen LogP contribution in [0.1, 0.15) is 25.3 Å². The van der Waals surface area contributed by atoms with Crippen LogP contribution in [0.3, 0.4) is 0 Å². The molecule has 0 saturated heterocycles. The van der Waals surface area contributed by atoms with E-state index in [4.69, 9.17) is 9.15 Å². The molecule has 29 heavy (non-hydrogen) atoms. The molecule has 0 spiro atoms. The van der Waals surface area contributed by atoms with E-state index in [0.29, 0.717) is 34.6 Å². The zero-order chi connectivity index (χ0) is 21.2. The van der Waals surface area contributed by atoms with Gasteiger partial charge in [0.2, 0.25) is 5.88 Å². The van der Waals surface area contributed by atoms with Crippen LogP contribution >= 0.6 is 0 Å².